The van der Waals surface area contributed by atoms with E-state index in [1.807, 2.05) is 35.2 Å². The van der Waals surface area contributed by atoms with Crippen LogP contribution in [0.1, 0.15) is 29.6 Å². The Bertz CT molecular complexity index is 672. The number of benzene rings is 1. The fraction of sp³-hybridized carbons (Fsp3) is 0.444. The third-order valence-electron chi connectivity index (χ3n) is 5.23. The van der Waals surface area contributed by atoms with Crippen LogP contribution in [0.15, 0.2) is 36.5 Å². The van der Waals surface area contributed by atoms with Gasteiger partial charge in [-0.15, -0.1) is 0 Å². The Hall–Kier alpha value is -2.14. The van der Waals surface area contributed by atoms with Gasteiger partial charge in [-0.1, -0.05) is 12.1 Å². The quantitative estimate of drug-likeness (QED) is 0.894. The first-order chi connectivity index (χ1) is 11.3. The maximum absolute atomic E-state index is 12.8. The van der Waals surface area contributed by atoms with Crippen LogP contribution in [0.5, 0.6) is 0 Å². The highest BCUT2D eigenvalue weighted by Crippen LogP contribution is 2.37. The van der Waals surface area contributed by atoms with E-state index in [-0.39, 0.29) is 5.91 Å². The third kappa shape index (κ3) is 2.77. The van der Waals surface area contributed by atoms with E-state index in [0.29, 0.717) is 5.41 Å². The van der Waals surface area contributed by atoms with E-state index in [2.05, 4.69) is 15.5 Å². The summed E-state index contributed by atoms with van der Waals surface area (Å²) in [6, 6.07) is 9.73. The molecule has 2 aromatic rings. The molecular weight excluding hydrogens is 288 g/mol. The van der Waals surface area contributed by atoms with E-state index in [9.17, 15) is 4.79 Å². The Morgan fingerprint density at radius 3 is 2.74 bits per heavy atom. The molecule has 1 spiro atoms. The van der Waals surface area contributed by atoms with Crippen molar-refractivity contribution in [3.8, 4) is 11.3 Å². The number of carbonyl (C=O) groups is 1. The van der Waals surface area contributed by atoms with Gasteiger partial charge in [-0.05, 0) is 49.6 Å². The van der Waals surface area contributed by atoms with Crippen LogP contribution in [0, 0.1) is 5.41 Å². The molecule has 1 amide bonds. The summed E-state index contributed by atoms with van der Waals surface area (Å²) >= 11 is 0. The van der Waals surface area contributed by atoms with Gasteiger partial charge in [-0.2, -0.15) is 5.10 Å². The molecule has 2 fully saturated rings. The van der Waals surface area contributed by atoms with Crippen molar-refractivity contribution in [2.45, 2.75) is 19.3 Å². The second-order valence-corrected chi connectivity index (χ2v) is 6.80. The van der Waals surface area contributed by atoms with Gasteiger partial charge >= 0.3 is 0 Å². The van der Waals surface area contributed by atoms with Crippen molar-refractivity contribution in [1.29, 1.82) is 0 Å². The van der Waals surface area contributed by atoms with Crippen molar-refractivity contribution in [1.82, 2.24) is 20.4 Å². The van der Waals surface area contributed by atoms with E-state index >= 15 is 0 Å². The number of hydrogen-bond donors (Lipinski definition) is 2. The maximum atomic E-state index is 12.8. The molecule has 0 saturated carbocycles. The zero-order valence-electron chi connectivity index (χ0n) is 13.2. The zero-order chi connectivity index (χ0) is 15.7. The van der Waals surface area contributed by atoms with E-state index in [0.717, 1.165) is 49.4 Å². The molecule has 1 unspecified atom stereocenters. The lowest BCUT2D eigenvalue weighted by Gasteiger charge is -2.33. The molecule has 2 N–H and O–H groups in total. The molecule has 5 nitrogen and oxygen atoms in total. The summed E-state index contributed by atoms with van der Waals surface area (Å²) in [6.45, 7) is 3.93. The molecule has 4 rings (SSSR count). The fourth-order valence-electron chi connectivity index (χ4n) is 3.88. The van der Waals surface area contributed by atoms with Gasteiger partial charge in [0.2, 0.25) is 0 Å². The van der Waals surface area contributed by atoms with Gasteiger partial charge in [0.25, 0.3) is 5.91 Å². The lowest BCUT2D eigenvalue weighted by molar-refractivity contribution is 0.0764. The van der Waals surface area contributed by atoms with Crippen molar-refractivity contribution in [3.05, 3.63) is 42.1 Å². The van der Waals surface area contributed by atoms with Crippen molar-refractivity contribution in [2.24, 2.45) is 5.41 Å². The molecule has 3 heterocycles. The molecule has 120 valence electrons. The number of nitrogens with zero attached hydrogens (tertiary/aromatic N) is 2. The number of amides is 1. The molecular formula is C18H22N4O. The third-order valence-corrected chi connectivity index (χ3v) is 5.23. The average molecular weight is 310 g/mol. The molecule has 2 aliphatic rings. The van der Waals surface area contributed by atoms with Crippen LogP contribution < -0.4 is 5.32 Å². The Morgan fingerprint density at radius 1 is 1.17 bits per heavy atom. The molecule has 1 aromatic heterocycles. The van der Waals surface area contributed by atoms with Crippen molar-refractivity contribution in [3.63, 3.8) is 0 Å². The number of nitrogens with one attached hydrogen (secondary N) is 2. The standard InChI is InChI=1S/C18H22N4O/c23-17(22-11-8-18(13-22)7-1-9-19-12-18)15-4-2-14(3-5-15)16-6-10-20-21-16/h2-6,10,19H,1,7-9,11-13H2,(H,20,21). The Kier molecular flexibility index (Phi) is 3.65. The Labute approximate surface area is 136 Å². The van der Waals surface area contributed by atoms with Gasteiger partial charge in [-0.3, -0.25) is 9.89 Å². The van der Waals surface area contributed by atoms with Crippen molar-refractivity contribution in [2.75, 3.05) is 26.2 Å². The molecule has 2 aliphatic heterocycles. The van der Waals surface area contributed by atoms with E-state index < -0.39 is 0 Å². The van der Waals surface area contributed by atoms with Crippen LogP contribution in [0.2, 0.25) is 0 Å². The number of rotatable bonds is 2. The second-order valence-electron chi connectivity index (χ2n) is 6.80. The van der Waals surface area contributed by atoms with E-state index in [1.54, 1.807) is 6.20 Å². The lowest BCUT2D eigenvalue weighted by atomic mass is 9.80. The van der Waals surface area contributed by atoms with Gasteiger partial charge in [0, 0.05) is 36.8 Å². The normalized spacial score (nSPS) is 24.3. The number of H-pyrrole nitrogens is 1. The zero-order valence-corrected chi connectivity index (χ0v) is 13.2. The van der Waals surface area contributed by atoms with Crippen LogP contribution in [0.25, 0.3) is 11.3 Å². The molecule has 1 aromatic carbocycles. The summed E-state index contributed by atoms with van der Waals surface area (Å²) in [5, 5.41) is 10.4. The summed E-state index contributed by atoms with van der Waals surface area (Å²) in [5.41, 5.74) is 3.10. The van der Waals surface area contributed by atoms with Crippen LogP contribution in [0.3, 0.4) is 0 Å². The summed E-state index contributed by atoms with van der Waals surface area (Å²) in [7, 11) is 0. The van der Waals surface area contributed by atoms with E-state index in [4.69, 9.17) is 0 Å². The first-order valence-corrected chi connectivity index (χ1v) is 8.36. The highest BCUT2D eigenvalue weighted by atomic mass is 16.2. The first kappa shape index (κ1) is 14.5. The van der Waals surface area contributed by atoms with Gasteiger partial charge in [0.05, 0.1) is 5.69 Å². The molecule has 0 bridgehead atoms. The summed E-state index contributed by atoms with van der Waals surface area (Å²) < 4.78 is 0. The average Bonchev–Trinajstić information content (AvgIpc) is 3.26. The second kappa shape index (κ2) is 5.81. The smallest absolute Gasteiger partial charge is 0.253 e. The van der Waals surface area contributed by atoms with Crippen LogP contribution >= 0.6 is 0 Å². The number of likely N-dealkylation sites (tertiary alicyclic amines) is 1. The number of aromatic amines is 1. The van der Waals surface area contributed by atoms with Crippen molar-refractivity contribution >= 4 is 5.91 Å². The summed E-state index contributed by atoms with van der Waals surface area (Å²) in [5.74, 6) is 0.156. The summed E-state index contributed by atoms with van der Waals surface area (Å²) in [6.07, 6.45) is 5.32. The Balaban J connectivity index is 1.47. The number of carbonyl (C=O) groups excluding carboxylic acids is 1. The van der Waals surface area contributed by atoms with Gasteiger partial charge in [0.1, 0.15) is 0 Å². The largest absolute Gasteiger partial charge is 0.338 e. The highest BCUT2D eigenvalue weighted by molar-refractivity contribution is 5.94. The lowest BCUT2D eigenvalue weighted by Crippen LogP contribution is -2.42. The number of piperidine rings is 1. The molecule has 1 atom stereocenters. The van der Waals surface area contributed by atoms with Gasteiger partial charge in [-0.25, -0.2) is 0 Å². The summed E-state index contributed by atoms with van der Waals surface area (Å²) in [4.78, 5) is 14.8. The topological polar surface area (TPSA) is 61.0 Å². The molecule has 5 heteroatoms. The Morgan fingerprint density at radius 2 is 2.04 bits per heavy atom. The van der Waals surface area contributed by atoms with E-state index in [1.165, 1.54) is 12.8 Å². The minimum Gasteiger partial charge on any atom is -0.338 e. The minimum absolute atomic E-state index is 0.156. The van der Waals surface area contributed by atoms with Gasteiger partial charge in [0.15, 0.2) is 0 Å². The van der Waals surface area contributed by atoms with Crippen LogP contribution in [0.4, 0.5) is 0 Å². The molecule has 23 heavy (non-hydrogen) atoms. The number of hydrogen-bond acceptors (Lipinski definition) is 3. The van der Waals surface area contributed by atoms with Crippen molar-refractivity contribution < 1.29 is 4.79 Å². The highest BCUT2D eigenvalue weighted by Gasteiger charge is 2.40. The predicted octanol–water partition coefficient (Wildman–Crippen LogP) is 2.29. The SMILES string of the molecule is O=C(c1ccc(-c2ccn[nH]2)cc1)N1CCC2(CCCNC2)C1. The van der Waals surface area contributed by atoms with Crippen LogP contribution in [-0.4, -0.2) is 47.2 Å². The monoisotopic (exact) mass is 310 g/mol. The maximum Gasteiger partial charge on any atom is 0.253 e. The van der Waals surface area contributed by atoms with Crippen LogP contribution in [-0.2, 0) is 0 Å². The first-order valence-electron chi connectivity index (χ1n) is 8.36. The molecule has 0 aliphatic carbocycles. The number of aromatic nitrogens is 2. The minimum atomic E-state index is 0.156. The fourth-order valence-corrected chi connectivity index (χ4v) is 3.88. The molecule has 0 radical (unpaired) electrons. The predicted molar refractivity (Wildman–Crippen MR) is 89.1 cm³/mol. The molecule has 2 saturated heterocycles. The van der Waals surface area contributed by atoms with Gasteiger partial charge < -0.3 is 10.2 Å².